The lowest BCUT2D eigenvalue weighted by molar-refractivity contribution is 0.424. The third-order valence-electron chi connectivity index (χ3n) is 15.0. The zero-order valence-corrected chi connectivity index (χ0v) is 36.2. The van der Waals surface area contributed by atoms with Crippen molar-refractivity contribution in [1.82, 2.24) is 0 Å². The molecule has 0 bridgehead atoms. The fourth-order valence-corrected chi connectivity index (χ4v) is 17.0. The predicted octanol–water partition coefficient (Wildman–Crippen LogP) is 12.8. The molecule has 2 fully saturated rings. The summed E-state index contributed by atoms with van der Waals surface area (Å²) in [5.41, 5.74) is 9.57. The van der Waals surface area contributed by atoms with E-state index in [2.05, 4.69) is 170 Å². The van der Waals surface area contributed by atoms with Crippen molar-refractivity contribution in [3.8, 4) is 11.1 Å². The summed E-state index contributed by atoms with van der Waals surface area (Å²) in [6.45, 7) is 0. The Morgan fingerprint density at radius 2 is 0.683 bits per heavy atom. The van der Waals surface area contributed by atoms with Gasteiger partial charge in [0, 0.05) is 0 Å². The number of benzene rings is 8. The van der Waals surface area contributed by atoms with E-state index >= 15 is 0 Å². The maximum Gasteiger partial charge on any atom is -0.00956 e. The van der Waals surface area contributed by atoms with E-state index in [9.17, 15) is 0 Å². The molecule has 4 aliphatic carbocycles. The molecular weight excluding hydrogens is 759 g/mol. The molecule has 294 valence electrons. The summed E-state index contributed by atoms with van der Waals surface area (Å²) in [6, 6.07) is 66.2. The minimum Gasteiger partial charge on any atom is -0.0622 e. The third kappa shape index (κ3) is 6.32. The van der Waals surface area contributed by atoms with Crippen molar-refractivity contribution in [1.29, 1.82) is 0 Å². The Bertz CT molecular complexity index is 2570. The van der Waals surface area contributed by atoms with Crippen LogP contribution in [0.1, 0.15) is 85.5 Å². The van der Waals surface area contributed by atoms with E-state index in [0.717, 1.165) is 11.8 Å². The first-order valence-electron chi connectivity index (χ1n) is 22.8. The van der Waals surface area contributed by atoms with E-state index in [-0.39, 0.29) is 0 Å². The second-order valence-electron chi connectivity index (χ2n) is 18.1. The molecule has 0 unspecified atom stereocenters. The van der Waals surface area contributed by atoms with Crippen LogP contribution >= 0.6 is 15.8 Å². The van der Waals surface area contributed by atoms with Crippen LogP contribution in [0.5, 0.6) is 0 Å². The van der Waals surface area contributed by atoms with Crippen molar-refractivity contribution in [2.24, 2.45) is 11.8 Å². The van der Waals surface area contributed by atoms with Crippen LogP contribution < -0.4 is 31.8 Å². The second kappa shape index (κ2) is 15.6. The number of rotatable bonds is 7. The Labute approximate surface area is 358 Å². The normalized spacial score (nSPS) is 20.6. The van der Waals surface area contributed by atoms with E-state index in [0.29, 0.717) is 11.8 Å². The minimum atomic E-state index is -0.734. The smallest absolute Gasteiger partial charge is 0.00956 e. The summed E-state index contributed by atoms with van der Waals surface area (Å²) in [6.07, 6.45) is 13.3. The summed E-state index contributed by atoms with van der Waals surface area (Å²) in [5.74, 6) is 3.03. The van der Waals surface area contributed by atoms with Crippen LogP contribution in [-0.4, -0.2) is 0 Å². The third-order valence-corrected chi connectivity index (χ3v) is 19.9. The van der Waals surface area contributed by atoms with Gasteiger partial charge >= 0.3 is 0 Å². The fraction of sp³-hybridized carbons (Fsp3) is 0.241. The van der Waals surface area contributed by atoms with Crippen LogP contribution in [0, 0.1) is 11.8 Å². The molecule has 8 aromatic rings. The van der Waals surface area contributed by atoms with Crippen molar-refractivity contribution in [2.75, 3.05) is 0 Å². The Kier molecular flexibility index (Phi) is 9.58. The zero-order valence-electron chi connectivity index (χ0n) is 34.4. The van der Waals surface area contributed by atoms with Crippen LogP contribution in [0.4, 0.5) is 0 Å². The van der Waals surface area contributed by atoms with E-state index in [1.165, 1.54) is 129 Å². The fourth-order valence-electron chi connectivity index (χ4n) is 12.4. The minimum absolute atomic E-state index is 0.685. The SMILES string of the molecule is c1ccc(P(c2ccccc2)c2ccc3c4c(cc(-c5cc6c(c7ccc(P(c8ccccc8)c8ccccc8)cc57)CC[C@@H]5CCC[C@H]65)c3c2)[C@H]2CCC[C@H]2CC4)cc1. The molecule has 60 heavy (non-hydrogen) atoms. The molecule has 8 aromatic carbocycles. The van der Waals surface area contributed by atoms with Crippen molar-refractivity contribution in [3.05, 3.63) is 192 Å². The first-order chi connectivity index (χ1) is 29.8. The van der Waals surface area contributed by atoms with Crippen LogP contribution in [0.25, 0.3) is 32.7 Å². The molecule has 0 amide bonds. The predicted molar refractivity (Wildman–Crippen MR) is 261 cm³/mol. The molecule has 0 radical (unpaired) electrons. The summed E-state index contributed by atoms with van der Waals surface area (Å²) in [5, 5.41) is 14.5. The molecule has 12 rings (SSSR count). The van der Waals surface area contributed by atoms with Gasteiger partial charge in [-0.05, 0) is 202 Å². The van der Waals surface area contributed by atoms with Gasteiger partial charge in [0.2, 0.25) is 0 Å². The van der Waals surface area contributed by atoms with Crippen LogP contribution in [0.3, 0.4) is 0 Å². The summed E-state index contributed by atoms with van der Waals surface area (Å²) in [4.78, 5) is 0. The molecule has 4 atom stereocenters. The highest BCUT2D eigenvalue weighted by molar-refractivity contribution is 7.80. The summed E-state index contributed by atoms with van der Waals surface area (Å²) < 4.78 is 0. The molecule has 0 N–H and O–H groups in total. The molecule has 0 heterocycles. The van der Waals surface area contributed by atoms with Crippen molar-refractivity contribution in [3.63, 3.8) is 0 Å². The number of hydrogen-bond donors (Lipinski definition) is 0. The molecule has 4 aliphatic rings. The van der Waals surface area contributed by atoms with Gasteiger partial charge in [-0.25, -0.2) is 0 Å². The standard InChI is InChI=1S/C58H52P2/c1-5-17-41(18-6-1)59(42-19-7-2-8-20-42)45-29-33-51-49-31-27-39-15-13-25-47(39)55(49)37-57(53(51)35-45)58-38-56-48-26-14-16-40(48)28-32-50(56)52-34-30-46(36-54(52)58)60(43-21-9-3-10-22-43)44-23-11-4-12-24-44/h1-12,17-24,29-30,33-40,47-48H,13-16,25-28,31-32H2/t39-,40-,47-,48-/m0/s1. The van der Waals surface area contributed by atoms with Gasteiger partial charge in [0.15, 0.2) is 0 Å². The van der Waals surface area contributed by atoms with Gasteiger partial charge in [-0.2, -0.15) is 0 Å². The quantitative estimate of drug-likeness (QED) is 0.141. The van der Waals surface area contributed by atoms with E-state index in [1.54, 1.807) is 22.3 Å². The van der Waals surface area contributed by atoms with Gasteiger partial charge < -0.3 is 0 Å². The Morgan fingerprint density at radius 3 is 1.05 bits per heavy atom. The van der Waals surface area contributed by atoms with Gasteiger partial charge in [-0.1, -0.05) is 158 Å². The van der Waals surface area contributed by atoms with Gasteiger partial charge in [-0.3, -0.25) is 0 Å². The molecule has 0 spiro atoms. The highest BCUT2D eigenvalue weighted by Gasteiger charge is 2.37. The molecule has 0 saturated heterocycles. The van der Waals surface area contributed by atoms with Crippen molar-refractivity contribution >= 4 is 69.2 Å². The highest BCUT2D eigenvalue weighted by Crippen LogP contribution is 2.54. The average molecular weight is 811 g/mol. The summed E-state index contributed by atoms with van der Waals surface area (Å²) in [7, 11) is -1.47. The van der Waals surface area contributed by atoms with Gasteiger partial charge in [0.1, 0.15) is 0 Å². The molecule has 2 saturated carbocycles. The number of aryl methyl sites for hydroxylation is 2. The van der Waals surface area contributed by atoms with Gasteiger partial charge in [0.25, 0.3) is 0 Å². The summed E-state index contributed by atoms with van der Waals surface area (Å²) >= 11 is 0. The average Bonchev–Trinajstić information content (AvgIpc) is 4.01. The van der Waals surface area contributed by atoms with E-state index in [4.69, 9.17) is 0 Å². The number of fused-ring (bicyclic) bond motifs is 10. The Hall–Kier alpha value is -4.86. The topological polar surface area (TPSA) is 0 Å². The highest BCUT2D eigenvalue weighted by atomic mass is 31.1. The number of hydrogen-bond acceptors (Lipinski definition) is 0. The lowest BCUT2D eigenvalue weighted by Crippen LogP contribution is -2.21. The maximum atomic E-state index is 2.76. The lowest BCUT2D eigenvalue weighted by Gasteiger charge is -2.33. The largest absolute Gasteiger partial charge is 0.0622 e. The van der Waals surface area contributed by atoms with Crippen LogP contribution in [0.15, 0.2) is 170 Å². The molecule has 0 aliphatic heterocycles. The first kappa shape index (κ1) is 36.9. The molecule has 2 heteroatoms. The van der Waals surface area contributed by atoms with E-state index in [1.807, 2.05) is 0 Å². The lowest BCUT2D eigenvalue weighted by atomic mass is 9.72. The molecule has 0 nitrogen and oxygen atoms in total. The Balaban J connectivity index is 1.15. The zero-order chi connectivity index (χ0) is 39.6. The second-order valence-corrected chi connectivity index (χ2v) is 22.6. The van der Waals surface area contributed by atoms with Crippen LogP contribution in [0.2, 0.25) is 0 Å². The van der Waals surface area contributed by atoms with Gasteiger partial charge in [0.05, 0.1) is 0 Å². The molecule has 0 aromatic heterocycles. The monoisotopic (exact) mass is 810 g/mol. The van der Waals surface area contributed by atoms with Crippen LogP contribution in [-0.2, 0) is 12.8 Å². The Morgan fingerprint density at radius 1 is 0.317 bits per heavy atom. The van der Waals surface area contributed by atoms with Gasteiger partial charge in [-0.15, -0.1) is 0 Å². The van der Waals surface area contributed by atoms with Crippen molar-refractivity contribution < 1.29 is 0 Å². The molecular formula is C58H52P2. The van der Waals surface area contributed by atoms with E-state index < -0.39 is 15.8 Å². The maximum absolute atomic E-state index is 2.76. The first-order valence-corrected chi connectivity index (χ1v) is 25.4. The van der Waals surface area contributed by atoms with Crippen molar-refractivity contribution in [2.45, 2.75) is 76.0 Å².